The Hall–Kier alpha value is -3.88. The summed E-state index contributed by atoms with van der Waals surface area (Å²) in [7, 11) is -3.85. The number of nitriles is 1. The van der Waals surface area contributed by atoms with Crippen LogP contribution in [-0.2, 0) is 14.8 Å². The highest BCUT2D eigenvalue weighted by atomic mass is 32.2. The molecule has 3 N–H and O–H groups in total. The van der Waals surface area contributed by atoms with Crippen molar-refractivity contribution in [1.29, 1.82) is 5.26 Å². The molecule has 3 rings (SSSR count). The van der Waals surface area contributed by atoms with Crippen LogP contribution in [0, 0.1) is 11.3 Å². The highest BCUT2D eigenvalue weighted by Crippen LogP contribution is 2.22. The van der Waals surface area contributed by atoms with Gasteiger partial charge in [-0.3, -0.25) is 25.2 Å². The molecule has 0 saturated carbocycles. The van der Waals surface area contributed by atoms with Gasteiger partial charge in [-0.15, -0.1) is 11.3 Å². The summed E-state index contributed by atoms with van der Waals surface area (Å²) in [6, 6.07) is 17.3. The molecule has 32 heavy (non-hydrogen) atoms. The standard InChI is InChI=1S/C21H18N4O5S2/c1-14(30-16-10-8-15(13-22)9-11-16)20(26)23-24-21(27)17-5-2-3-6-18(17)25-32(28,29)19-7-4-12-31-19/h2-12,14,25H,1H3,(H,23,26)(H,24,27). The van der Waals surface area contributed by atoms with Gasteiger partial charge in [-0.2, -0.15) is 5.26 Å². The first-order valence-corrected chi connectivity index (χ1v) is 11.6. The lowest BCUT2D eigenvalue weighted by atomic mass is 10.2. The minimum absolute atomic E-state index is 0.0218. The summed E-state index contributed by atoms with van der Waals surface area (Å²) in [4.78, 5) is 24.8. The molecule has 0 spiro atoms. The van der Waals surface area contributed by atoms with Crippen LogP contribution < -0.4 is 20.3 Å². The molecule has 1 atom stereocenters. The SMILES string of the molecule is CC(Oc1ccc(C#N)cc1)C(=O)NNC(=O)c1ccccc1NS(=O)(=O)c1cccs1. The third kappa shape index (κ3) is 5.63. The molecule has 0 bridgehead atoms. The van der Waals surface area contributed by atoms with E-state index in [4.69, 9.17) is 10.00 Å². The molecule has 1 heterocycles. The molecule has 2 amide bonds. The molecule has 9 nitrogen and oxygen atoms in total. The molecule has 0 fully saturated rings. The second kappa shape index (κ2) is 9.95. The molecule has 3 aromatic rings. The van der Waals surface area contributed by atoms with Crippen LogP contribution in [0.1, 0.15) is 22.8 Å². The smallest absolute Gasteiger partial charge is 0.279 e. The Labute approximate surface area is 188 Å². The number of nitrogens with one attached hydrogen (secondary N) is 3. The number of nitrogens with zero attached hydrogens (tertiary/aromatic N) is 1. The molecule has 0 radical (unpaired) electrons. The van der Waals surface area contributed by atoms with Crippen molar-refractivity contribution < 1.29 is 22.7 Å². The maximum atomic E-state index is 12.6. The third-order valence-corrected chi connectivity index (χ3v) is 6.90. The van der Waals surface area contributed by atoms with Crippen LogP contribution in [0.15, 0.2) is 70.3 Å². The van der Waals surface area contributed by atoms with Crippen molar-refractivity contribution in [1.82, 2.24) is 10.9 Å². The Morgan fingerprint density at radius 1 is 1.03 bits per heavy atom. The number of hydrazine groups is 1. The molecule has 11 heteroatoms. The van der Waals surface area contributed by atoms with Crippen molar-refractivity contribution in [2.45, 2.75) is 17.2 Å². The maximum absolute atomic E-state index is 12.6. The summed E-state index contributed by atoms with van der Waals surface area (Å²) in [6.07, 6.45) is -0.948. The lowest BCUT2D eigenvalue weighted by Gasteiger charge is -2.16. The number of ether oxygens (including phenoxy) is 1. The van der Waals surface area contributed by atoms with Crippen molar-refractivity contribution in [3.8, 4) is 11.8 Å². The van der Waals surface area contributed by atoms with Crippen molar-refractivity contribution in [3.05, 3.63) is 77.2 Å². The zero-order valence-electron chi connectivity index (χ0n) is 16.7. The molecule has 2 aromatic carbocycles. The van der Waals surface area contributed by atoms with Gasteiger partial charge in [0.1, 0.15) is 9.96 Å². The number of sulfonamides is 1. The summed E-state index contributed by atoms with van der Waals surface area (Å²) >= 11 is 1.05. The number of thiophene rings is 1. The molecule has 0 aliphatic carbocycles. The quantitative estimate of drug-likeness (QED) is 0.454. The van der Waals surface area contributed by atoms with Gasteiger partial charge in [0, 0.05) is 0 Å². The molecule has 164 valence electrons. The van der Waals surface area contributed by atoms with Gasteiger partial charge in [0.05, 0.1) is 22.9 Å². The van der Waals surface area contributed by atoms with E-state index < -0.39 is 27.9 Å². The second-order valence-electron chi connectivity index (χ2n) is 6.42. The minimum atomic E-state index is -3.85. The van der Waals surface area contributed by atoms with E-state index in [1.54, 1.807) is 47.8 Å². The first-order valence-electron chi connectivity index (χ1n) is 9.22. The molecule has 0 aliphatic rings. The topological polar surface area (TPSA) is 137 Å². The van der Waals surface area contributed by atoms with Crippen LogP contribution in [-0.4, -0.2) is 26.3 Å². The van der Waals surface area contributed by atoms with Gasteiger partial charge in [-0.1, -0.05) is 18.2 Å². The normalized spacial score (nSPS) is 11.6. The maximum Gasteiger partial charge on any atom is 0.279 e. The molecule has 0 saturated heterocycles. The van der Waals surface area contributed by atoms with Gasteiger partial charge in [-0.05, 0) is 54.8 Å². The van der Waals surface area contributed by atoms with E-state index in [0.29, 0.717) is 11.3 Å². The molecular formula is C21H18N4O5S2. The fourth-order valence-corrected chi connectivity index (χ4v) is 4.61. The van der Waals surface area contributed by atoms with Crippen LogP contribution in [0.3, 0.4) is 0 Å². The summed E-state index contributed by atoms with van der Waals surface area (Å²) < 4.78 is 32.9. The monoisotopic (exact) mass is 470 g/mol. The molecular weight excluding hydrogens is 452 g/mol. The number of hydrogen-bond acceptors (Lipinski definition) is 7. The van der Waals surface area contributed by atoms with Crippen LogP contribution >= 0.6 is 11.3 Å². The lowest BCUT2D eigenvalue weighted by molar-refractivity contribution is -0.128. The van der Waals surface area contributed by atoms with Crippen LogP contribution in [0.4, 0.5) is 5.69 Å². The number of para-hydroxylation sites is 1. The van der Waals surface area contributed by atoms with Crippen molar-refractivity contribution >= 4 is 38.9 Å². The number of rotatable bonds is 7. The molecule has 1 unspecified atom stereocenters. The Morgan fingerprint density at radius 2 is 1.75 bits per heavy atom. The predicted octanol–water partition coefficient (Wildman–Crippen LogP) is 2.65. The average molecular weight is 471 g/mol. The van der Waals surface area contributed by atoms with Crippen molar-refractivity contribution in [2.24, 2.45) is 0 Å². The zero-order chi connectivity index (χ0) is 23.1. The number of carbonyl (C=O) groups is 2. The Balaban J connectivity index is 1.62. The zero-order valence-corrected chi connectivity index (χ0v) is 18.4. The highest BCUT2D eigenvalue weighted by Gasteiger charge is 2.21. The number of anilines is 1. The largest absolute Gasteiger partial charge is 0.481 e. The van der Waals surface area contributed by atoms with Gasteiger partial charge in [-0.25, -0.2) is 8.42 Å². The van der Waals surface area contributed by atoms with Crippen LogP contribution in [0.5, 0.6) is 5.75 Å². The summed E-state index contributed by atoms with van der Waals surface area (Å²) in [5, 5.41) is 10.4. The number of benzene rings is 2. The number of carbonyl (C=O) groups excluding carboxylic acids is 2. The highest BCUT2D eigenvalue weighted by molar-refractivity contribution is 7.94. The van der Waals surface area contributed by atoms with Gasteiger partial charge < -0.3 is 4.74 Å². The summed E-state index contributed by atoms with van der Waals surface area (Å²) in [5.41, 5.74) is 5.04. The first-order chi connectivity index (χ1) is 15.3. The van der Waals surface area contributed by atoms with E-state index in [-0.39, 0.29) is 15.5 Å². The Bertz CT molecular complexity index is 1250. The van der Waals surface area contributed by atoms with Gasteiger partial charge >= 0.3 is 0 Å². The van der Waals surface area contributed by atoms with E-state index >= 15 is 0 Å². The second-order valence-corrected chi connectivity index (χ2v) is 9.28. The Kier molecular flexibility index (Phi) is 7.09. The van der Waals surface area contributed by atoms with E-state index in [2.05, 4.69) is 15.6 Å². The lowest BCUT2D eigenvalue weighted by Crippen LogP contribution is -2.47. The van der Waals surface area contributed by atoms with Crippen molar-refractivity contribution in [3.63, 3.8) is 0 Å². The van der Waals surface area contributed by atoms with E-state index in [1.807, 2.05) is 6.07 Å². The fraction of sp³-hybridized carbons (Fsp3) is 0.0952. The third-order valence-electron chi connectivity index (χ3n) is 4.14. The Morgan fingerprint density at radius 3 is 2.41 bits per heavy atom. The molecule has 0 aliphatic heterocycles. The number of hydrogen-bond donors (Lipinski definition) is 3. The van der Waals surface area contributed by atoms with Crippen LogP contribution in [0.2, 0.25) is 0 Å². The van der Waals surface area contributed by atoms with Gasteiger partial charge in [0.15, 0.2) is 6.10 Å². The average Bonchev–Trinajstić information content (AvgIpc) is 3.34. The predicted molar refractivity (Wildman–Crippen MR) is 118 cm³/mol. The number of amides is 2. The van der Waals surface area contributed by atoms with Crippen LogP contribution in [0.25, 0.3) is 0 Å². The van der Waals surface area contributed by atoms with E-state index in [0.717, 1.165) is 11.3 Å². The summed E-state index contributed by atoms with van der Waals surface area (Å²) in [6.45, 7) is 1.49. The summed E-state index contributed by atoms with van der Waals surface area (Å²) in [5.74, 6) is -0.959. The van der Waals surface area contributed by atoms with Crippen molar-refractivity contribution in [2.75, 3.05) is 4.72 Å². The van der Waals surface area contributed by atoms with Gasteiger partial charge in [0.25, 0.3) is 21.8 Å². The first kappa shape index (κ1) is 22.8. The van der Waals surface area contributed by atoms with E-state index in [1.165, 1.54) is 25.1 Å². The van der Waals surface area contributed by atoms with Gasteiger partial charge in [0.2, 0.25) is 0 Å². The molecule has 1 aromatic heterocycles. The fourth-order valence-electron chi connectivity index (χ4n) is 2.53. The minimum Gasteiger partial charge on any atom is -0.481 e. The van der Waals surface area contributed by atoms with E-state index in [9.17, 15) is 18.0 Å².